The molecule has 4 aromatic rings. The summed E-state index contributed by atoms with van der Waals surface area (Å²) in [5.74, 6) is 0.912. The average molecular weight is 645 g/mol. The summed E-state index contributed by atoms with van der Waals surface area (Å²) < 4.78 is 7.53. The third-order valence-corrected chi connectivity index (χ3v) is 9.69. The maximum atomic E-state index is 13.1. The van der Waals surface area contributed by atoms with Crippen molar-refractivity contribution < 1.29 is 19.4 Å². The van der Waals surface area contributed by atoms with E-state index in [2.05, 4.69) is 37.2 Å². The van der Waals surface area contributed by atoms with E-state index < -0.39 is 6.10 Å². The highest BCUT2D eigenvalue weighted by molar-refractivity contribution is 6.30. The highest BCUT2D eigenvalue weighted by Crippen LogP contribution is 2.35. The van der Waals surface area contributed by atoms with Crippen LogP contribution in [0.2, 0.25) is 5.02 Å². The van der Waals surface area contributed by atoms with Crippen LogP contribution in [0.3, 0.4) is 0 Å². The summed E-state index contributed by atoms with van der Waals surface area (Å²) in [6, 6.07) is 9.63. The maximum absolute atomic E-state index is 13.1. The van der Waals surface area contributed by atoms with E-state index in [-0.39, 0.29) is 36.5 Å². The van der Waals surface area contributed by atoms with Crippen LogP contribution >= 0.6 is 11.6 Å². The third-order valence-electron chi connectivity index (χ3n) is 9.46. The van der Waals surface area contributed by atoms with Crippen molar-refractivity contribution in [3.8, 4) is 11.1 Å². The quantitative estimate of drug-likeness (QED) is 0.293. The van der Waals surface area contributed by atoms with E-state index in [1.807, 2.05) is 29.3 Å². The number of rotatable bonds is 8. The van der Waals surface area contributed by atoms with Gasteiger partial charge in [0.15, 0.2) is 11.6 Å². The highest BCUT2D eigenvalue weighted by atomic mass is 35.5. The minimum Gasteiger partial charge on any atom is -0.390 e. The number of aromatic nitrogens is 5. The number of piperazine rings is 1. The molecule has 5 heterocycles. The lowest BCUT2D eigenvalue weighted by molar-refractivity contribution is -0.125. The number of anilines is 1. The van der Waals surface area contributed by atoms with Gasteiger partial charge in [-0.2, -0.15) is 5.10 Å². The number of amides is 2. The van der Waals surface area contributed by atoms with E-state index in [0.717, 1.165) is 55.3 Å². The Morgan fingerprint density at radius 1 is 1.04 bits per heavy atom. The molecule has 0 spiro atoms. The SMILES string of the molecule is C[C@H]1CN(C(=O)c2ccc(Cl)cn2)CCN1C1CC(C(=O)Nc2cc3cc(-c4cnc(CO[C@H]5CCC[C@@H]5O)nc4)ccn3n2)C1. The Balaban J connectivity index is 0.900. The molecule has 0 bridgehead atoms. The monoisotopic (exact) mass is 644 g/mol. The smallest absolute Gasteiger partial charge is 0.272 e. The van der Waals surface area contributed by atoms with Gasteiger partial charge < -0.3 is 20.1 Å². The van der Waals surface area contributed by atoms with Crippen LogP contribution in [0.1, 0.15) is 55.3 Å². The van der Waals surface area contributed by atoms with Crippen LogP contribution in [-0.2, 0) is 16.1 Å². The molecule has 3 aliphatic rings. The van der Waals surface area contributed by atoms with Gasteiger partial charge in [0.25, 0.3) is 5.91 Å². The number of aliphatic hydroxyl groups excluding tert-OH is 1. The fourth-order valence-corrected chi connectivity index (χ4v) is 6.87. The first kappa shape index (κ1) is 30.7. The van der Waals surface area contributed by atoms with Gasteiger partial charge in [-0.1, -0.05) is 11.6 Å². The number of carbonyl (C=O) groups is 2. The molecule has 4 aromatic heterocycles. The Hall–Kier alpha value is -3.97. The van der Waals surface area contributed by atoms with Crippen molar-refractivity contribution in [1.29, 1.82) is 0 Å². The number of hydrogen-bond donors (Lipinski definition) is 2. The van der Waals surface area contributed by atoms with Crippen LogP contribution in [0.5, 0.6) is 0 Å². The van der Waals surface area contributed by atoms with Gasteiger partial charge in [0.1, 0.15) is 12.3 Å². The zero-order valence-corrected chi connectivity index (χ0v) is 26.4. The number of carbonyl (C=O) groups excluding carboxylic acids is 2. The van der Waals surface area contributed by atoms with Crippen molar-refractivity contribution in [2.24, 2.45) is 5.92 Å². The molecule has 0 aromatic carbocycles. The first-order chi connectivity index (χ1) is 22.3. The fraction of sp³-hybridized carbons (Fsp3) is 0.455. The minimum atomic E-state index is -0.406. The molecule has 0 radical (unpaired) electrons. The van der Waals surface area contributed by atoms with E-state index in [0.29, 0.717) is 41.5 Å². The molecule has 0 unspecified atom stereocenters. The van der Waals surface area contributed by atoms with E-state index in [1.165, 1.54) is 6.20 Å². The standard InChI is InChI=1S/C33H37ClN8O4/c1-20-18-40(33(45)27-6-5-24(34)17-35-27)9-10-41(20)25-12-22(13-25)32(44)38-30-14-26-11-21(7-8-42(26)39-30)23-15-36-31(37-16-23)19-46-29-4-2-3-28(29)43/h5-8,11,14-17,20,22,25,28-29,43H,2-4,9-10,12-13,18-19H2,1H3,(H,38,39,44)/t20-,22?,25?,28-,29-/m0/s1. The highest BCUT2D eigenvalue weighted by Gasteiger charge is 2.41. The zero-order chi connectivity index (χ0) is 31.8. The second-order valence-corrected chi connectivity index (χ2v) is 13.0. The summed E-state index contributed by atoms with van der Waals surface area (Å²) in [6.45, 7) is 4.41. The molecule has 3 fully saturated rings. The second-order valence-electron chi connectivity index (χ2n) is 12.6. The van der Waals surface area contributed by atoms with E-state index in [4.69, 9.17) is 16.3 Å². The van der Waals surface area contributed by atoms with Gasteiger partial charge in [-0.25, -0.2) is 19.5 Å². The van der Waals surface area contributed by atoms with Crippen molar-refractivity contribution in [2.75, 3.05) is 25.0 Å². The van der Waals surface area contributed by atoms with Crippen molar-refractivity contribution in [1.82, 2.24) is 34.4 Å². The molecular formula is C33H37ClN8O4. The van der Waals surface area contributed by atoms with Crippen molar-refractivity contribution in [2.45, 2.75) is 69.9 Å². The second kappa shape index (κ2) is 13.0. The van der Waals surface area contributed by atoms with E-state index in [9.17, 15) is 14.7 Å². The Morgan fingerprint density at radius 3 is 2.59 bits per heavy atom. The largest absolute Gasteiger partial charge is 0.390 e. The lowest BCUT2D eigenvalue weighted by Gasteiger charge is -2.49. The number of nitrogens with zero attached hydrogens (tertiary/aromatic N) is 7. The predicted octanol–water partition coefficient (Wildman–Crippen LogP) is 3.83. The fourth-order valence-electron chi connectivity index (χ4n) is 6.76. The molecule has 46 heavy (non-hydrogen) atoms. The van der Waals surface area contributed by atoms with Gasteiger partial charge in [-0.3, -0.25) is 14.5 Å². The summed E-state index contributed by atoms with van der Waals surface area (Å²) in [6.07, 6.45) is 10.5. The molecule has 13 heteroatoms. The summed E-state index contributed by atoms with van der Waals surface area (Å²) in [7, 11) is 0. The molecule has 2 N–H and O–H groups in total. The van der Waals surface area contributed by atoms with Gasteiger partial charge >= 0.3 is 0 Å². The molecular weight excluding hydrogens is 608 g/mol. The van der Waals surface area contributed by atoms with Gasteiger partial charge in [0.05, 0.1) is 22.7 Å². The van der Waals surface area contributed by atoms with Crippen LogP contribution in [-0.4, -0.2) is 95.2 Å². The van der Waals surface area contributed by atoms with Crippen LogP contribution in [0.25, 0.3) is 16.6 Å². The number of pyridine rings is 2. The average Bonchev–Trinajstić information content (AvgIpc) is 3.64. The van der Waals surface area contributed by atoms with E-state index >= 15 is 0 Å². The Morgan fingerprint density at radius 2 is 1.87 bits per heavy atom. The summed E-state index contributed by atoms with van der Waals surface area (Å²) >= 11 is 5.92. The minimum absolute atomic E-state index is 0.0218. The first-order valence-corrected chi connectivity index (χ1v) is 16.3. The van der Waals surface area contributed by atoms with Gasteiger partial charge in [-0.05, 0) is 68.9 Å². The number of nitrogens with one attached hydrogen (secondary N) is 1. The van der Waals surface area contributed by atoms with Gasteiger partial charge in [0.2, 0.25) is 5.91 Å². The van der Waals surface area contributed by atoms with Crippen LogP contribution in [0, 0.1) is 5.92 Å². The summed E-state index contributed by atoms with van der Waals surface area (Å²) in [5.41, 5.74) is 3.04. The van der Waals surface area contributed by atoms with Crippen LogP contribution in [0.15, 0.2) is 55.1 Å². The van der Waals surface area contributed by atoms with Gasteiger partial charge in [0, 0.05) is 74.1 Å². The van der Waals surface area contributed by atoms with Crippen molar-refractivity contribution in [3.05, 3.63) is 71.7 Å². The molecule has 12 nitrogen and oxygen atoms in total. The Bertz CT molecular complexity index is 1710. The Labute approximate surface area is 271 Å². The lowest BCUT2D eigenvalue weighted by atomic mass is 9.78. The van der Waals surface area contributed by atoms with Crippen molar-refractivity contribution >= 4 is 34.7 Å². The number of fused-ring (bicyclic) bond motifs is 1. The topological polar surface area (TPSA) is 138 Å². The lowest BCUT2D eigenvalue weighted by Crippen LogP contribution is -2.60. The predicted molar refractivity (Wildman–Crippen MR) is 171 cm³/mol. The number of hydrogen-bond acceptors (Lipinski definition) is 9. The van der Waals surface area contributed by atoms with Gasteiger partial charge in [-0.15, -0.1) is 0 Å². The zero-order valence-electron chi connectivity index (χ0n) is 25.6. The normalized spacial score (nSPS) is 25.0. The summed E-state index contributed by atoms with van der Waals surface area (Å²) in [5, 5.41) is 18.0. The van der Waals surface area contributed by atoms with E-state index in [1.54, 1.807) is 29.0 Å². The molecule has 1 saturated heterocycles. The molecule has 3 atom stereocenters. The Kier molecular flexibility index (Phi) is 8.69. The number of halogens is 1. The maximum Gasteiger partial charge on any atom is 0.272 e. The first-order valence-electron chi connectivity index (χ1n) is 15.9. The van der Waals surface area contributed by atoms with Crippen molar-refractivity contribution in [3.63, 3.8) is 0 Å². The molecule has 2 saturated carbocycles. The molecule has 2 aliphatic carbocycles. The molecule has 2 amide bonds. The molecule has 240 valence electrons. The molecule has 1 aliphatic heterocycles. The van der Waals surface area contributed by atoms with Crippen LogP contribution < -0.4 is 5.32 Å². The number of aliphatic hydroxyl groups is 1. The molecule has 7 rings (SSSR count). The van der Waals surface area contributed by atoms with Crippen LogP contribution in [0.4, 0.5) is 5.82 Å². The number of ether oxygens (including phenoxy) is 1. The summed E-state index contributed by atoms with van der Waals surface area (Å²) in [4.78, 5) is 43.3. The third kappa shape index (κ3) is 6.48.